The number of rotatable bonds is 5. The van der Waals surface area contributed by atoms with Crippen LogP contribution in [-0.2, 0) is 37.0 Å². The second-order valence-electron chi connectivity index (χ2n) is 7.79. The Morgan fingerprint density at radius 1 is 1.28 bits per heavy atom. The maximum Gasteiger partial charge on any atom is 0.279 e. The highest BCUT2D eigenvalue weighted by Gasteiger charge is 2.24. The van der Waals surface area contributed by atoms with E-state index < -0.39 is 0 Å². The number of aromatic nitrogens is 3. The summed E-state index contributed by atoms with van der Waals surface area (Å²) in [6.07, 6.45) is 4.62. The van der Waals surface area contributed by atoms with Gasteiger partial charge in [-0.25, -0.2) is 4.68 Å². The van der Waals surface area contributed by atoms with E-state index in [1.54, 1.807) is 11.3 Å². The van der Waals surface area contributed by atoms with Crippen molar-refractivity contribution in [2.75, 3.05) is 5.32 Å². The van der Waals surface area contributed by atoms with Crippen LogP contribution in [0.15, 0.2) is 23.0 Å². The molecule has 0 bridgehead atoms. The average Bonchev–Trinajstić information content (AvgIpc) is 3.08. The Morgan fingerprint density at radius 3 is 2.69 bits per heavy atom. The molecule has 1 N–H and O–H groups in total. The first-order chi connectivity index (χ1) is 14.0. The zero-order valence-electron chi connectivity index (χ0n) is 17.1. The van der Waals surface area contributed by atoms with Crippen molar-refractivity contribution < 1.29 is 4.79 Å². The summed E-state index contributed by atoms with van der Waals surface area (Å²) in [5.41, 5.74) is 3.94. The molecule has 4 rings (SSSR count). The quantitative estimate of drug-likeness (QED) is 0.695. The van der Waals surface area contributed by atoms with Crippen molar-refractivity contribution in [3.63, 3.8) is 0 Å². The van der Waals surface area contributed by atoms with Gasteiger partial charge in [-0.3, -0.25) is 9.59 Å². The van der Waals surface area contributed by atoms with Crippen molar-refractivity contribution in [2.24, 2.45) is 5.92 Å². The van der Waals surface area contributed by atoms with Gasteiger partial charge in [0, 0.05) is 10.6 Å². The zero-order valence-corrected chi connectivity index (χ0v) is 17.9. The van der Waals surface area contributed by atoms with Crippen LogP contribution < -0.4 is 10.9 Å². The van der Waals surface area contributed by atoms with Gasteiger partial charge in [0.2, 0.25) is 5.91 Å². The summed E-state index contributed by atoms with van der Waals surface area (Å²) in [6.45, 7) is 6.23. The molecule has 1 aliphatic carbocycles. The summed E-state index contributed by atoms with van der Waals surface area (Å²) in [4.78, 5) is 27.7. The molecule has 1 amide bonds. The largest absolute Gasteiger partial charge is 0.324 e. The van der Waals surface area contributed by atoms with Crippen LogP contribution in [0, 0.1) is 5.92 Å². The van der Waals surface area contributed by atoms with Crippen molar-refractivity contribution in [2.45, 2.75) is 59.4 Å². The fraction of sp³-hybridized carbons (Fsp3) is 0.455. The van der Waals surface area contributed by atoms with E-state index in [0.29, 0.717) is 16.1 Å². The predicted molar refractivity (Wildman–Crippen MR) is 117 cm³/mol. The molecule has 2 aromatic heterocycles. The maximum absolute atomic E-state index is 13.1. The van der Waals surface area contributed by atoms with E-state index in [2.05, 4.69) is 36.4 Å². The predicted octanol–water partition coefficient (Wildman–Crippen LogP) is 3.74. The Labute approximate surface area is 173 Å². The van der Waals surface area contributed by atoms with Gasteiger partial charge in [0.05, 0.1) is 5.39 Å². The number of fused-ring (bicyclic) bond motifs is 3. The molecule has 0 spiro atoms. The van der Waals surface area contributed by atoms with E-state index in [1.807, 2.05) is 18.2 Å². The second-order valence-corrected chi connectivity index (χ2v) is 8.87. The Balaban J connectivity index is 1.63. The monoisotopic (exact) mass is 410 g/mol. The summed E-state index contributed by atoms with van der Waals surface area (Å²) in [5, 5.41) is 11.9. The van der Waals surface area contributed by atoms with Gasteiger partial charge >= 0.3 is 0 Å². The molecule has 1 aliphatic rings. The molecule has 7 heteroatoms. The van der Waals surface area contributed by atoms with Gasteiger partial charge < -0.3 is 5.32 Å². The Hall–Kier alpha value is -2.54. The summed E-state index contributed by atoms with van der Waals surface area (Å²) in [6, 6.07) is 6.05. The van der Waals surface area contributed by atoms with Gasteiger partial charge in [-0.1, -0.05) is 44.2 Å². The number of carbonyl (C=O) groups is 1. The number of anilines is 1. The minimum Gasteiger partial charge on any atom is -0.324 e. The van der Waals surface area contributed by atoms with Gasteiger partial charge in [0.1, 0.15) is 6.54 Å². The van der Waals surface area contributed by atoms with Crippen LogP contribution >= 0.6 is 11.3 Å². The third-order valence-electron chi connectivity index (χ3n) is 5.74. The molecular weight excluding hydrogens is 384 g/mol. The Morgan fingerprint density at radius 2 is 2.00 bits per heavy atom. The molecule has 1 aromatic carbocycles. The van der Waals surface area contributed by atoms with E-state index in [-0.39, 0.29) is 18.0 Å². The number of amides is 1. The standard InChI is InChI=1S/C22H26N4O2S/c1-4-14-7-6-8-15(5-2)20(14)23-18(27)12-26-22(28)19-16-10-9-13(3)11-17(16)29-21(19)24-25-26/h6-8,13H,4-5,9-12H2,1-3H3,(H,23,27). The van der Waals surface area contributed by atoms with Gasteiger partial charge in [0.15, 0.2) is 4.83 Å². The van der Waals surface area contributed by atoms with Crippen LogP contribution in [0.1, 0.15) is 48.8 Å². The number of thiophene rings is 1. The summed E-state index contributed by atoms with van der Waals surface area (Å²) in [5.74, 6) is 0.372. The molecular formula is C22H26N4O2S. The summed E-state index contributed by atoms with van der Waals surface area (Å²) in [7, 11) is 0. The highest BCUT2D eigenvalue weighted by Crippen LogP contribution is 2.35. The van der Waals surface area contributed by atoms with Crippen LogP contribution in [0.4, 0.5) is 5.69 Å². The van der Waals surface area contributed by atoms with Crippen LogP contribution in [0.2, 0.25) is 0 Å². The maximum atomic E-state index is 13.1. The van der Waals surface area contributed by atoms with Crippen LogP contribution in [-0.4, -0.2) is 20.9 Å². The first-order valence-corrected chi connectivity index (χ1v) is 11.1. The molecule has 0 saturated carbocycles. The van der Waals surface area contributed by atoms with E-state index in [0.717, 1.165) is 54.5 Å². The van der Waals surface area contributed by atoms with Crippen LogP contribution in [0.5, 0.6) is 0 Å². The normalized spacial score (nSPS) is 16.0. The summed E-state index contributed by atoms with van der Waals surface area (Å²) >= 11 is 1.57. The molecule has 1 unspecified atom stereocenters. The van der Waals surface area contributed by atoms with Crippen molar-refractivity contribution >= 4 is 33.1 Å². The second kappa shape index (κ2) is 8.06. The van der Waals surface area contributed by atoms with E-state index in [4.69, 9.17) is 0 Å². The summed E-state index contributed by atoms with van der Waals surface area (Å²) < 4.78 is 1.20. The lowest BCUT2D eigenvalue weighted by Gasteiger charge is -2.17. The van der Waals surface area contributed by atoms with Crippen molar-refractivity contribution in [1.82, 2.24) is 15.0 Å². The number of benzene rings is 1. The highest BCUT2D eigenvalue weighted by atomic mass is 32.1. The highest BCUT2D eigenvalue weighted by molar-refractivity contribution is 7.18. The molecule has 0 radical (unpaired) electrons. The topological polar surface area (TPSA) is 76.9 Å². The molecule has 0 fully saturated rings. The molecule has 152 valence electrons. The average molecular weight is 411 g/mol. The number of nitrogens with one attached hydrogen (secondary N) is 1. The molecule has 0 aliphatic heterocycles. The molecule has 6 nitrogen and oxygen atoms in total. The van der Waals surface area contributed by atoms with Gasteiger partial charge in [-0.15, -0.1) is 16.4 Å². The number of hydrogen-bond donors (Lipinski definition) is 1. The molecule has 1 atom stereocenters. The number of nitrogens with zero attached hydrogens (tertiary/aromatic N) is 3. The number of aryl methyl sites for hydroxylation is 3. The van der Waals surface area contributed by atoms with Crippen molar-refractivity contribution in [3.8, 4) is 0 Å². The minimum absolute atomic E-state index is 0.135. The number of hydrogen-bond acceptors (Lipinski definition) is 5. The van der Waals surface area contributed by atoms with E-state index >= 15 is 0 Å². The van der Waals surface area contributed by atoms with Gasteiger partial charge in [0.25, 0.3) is 5.56 Å². The third-order valence-corrected chi connectivity index (χ3v) is 6.88. The van der Waals surface area contributed by atoms with Crippen molar-refractivity contribution in [3.05, 3.63) is 50.1 Å². The lowest BCUT2D eigenvalue weighted by molar-refractivity contribution is -0.117. The minimum atomic E-state index is -0.255. The van der Waals surface area contributed by atoms with Gasteiger partial charge in [-0.2, -0.15) is 0 Å². The fourth-order valence-corrected chi connectivity index (χ4v) is 5.43. The third kappa shape index (κ3) is 3.71. The molecule has 2 heterocycles. The lowest BCUT2D eigenvalue weighted by Crippen LogP contribution is -2.31. The van der Waals surface area contributed by atoms with Crippen LogP contribution in [0.3, 0.4) is 0 Å². The van der Waals surface area contributed by atoms with Crippen molar-refractivity contribution in [1.29, 1.82) is 0 Å². The first-order valence-electron chi connectivity index (χ1n) is 10.3. The Bertz CT molecular complexity index is 1110. The smallest absolute Gasteiger partial charge is 0.279 e. The van der Waals surface area contributed by atoms with Crippen LogP contribution in [0.25, 0.3) is 10.2 Å². The van der Waals surface area contributed by atoms with E-state index in [9.17, 15) is 9.59 Å². The fourth-order valence-electron chi connectivity index (χ4n) is 4.11. The Kier molecular flexibility index (Phi) is 5.50. The SMILES string of the molecule is CCc1cccc(CC)c1NC(=O)Cn1nnc2sc3c(c2c1=O)CCC(C)C3. The number of para-hydroxylation sites is 1. The molecule has 3 aromatic rings. The number of carbonyl (C=O) groups excluding carboxylic acids is 1. The lowest BCUT2D eigenvalue weighted by atomic mass is 9.89. The molecule has 29 heavy (non-hydrogen) atoms. The first kappa shape index (κ1) is 19.8. The van der Waals surface area contributed by atoms with Gasteiger partial charge in [-0.05, 0) is 54.7 Å². The van der Waals surface area contributed by atoms with E-state index in [1.165, 1.54) is 9.56 Å². The molecule has 0 saturated heterocycles. The zero-order chi connectivity index (χ0) is 20.5.